The summed E-state index contributed by atoms with van der Waals surface area (Å²) >= 11 is 1.20. The third-order valence-corrected chi connectivity index (χ3v) is 6.34. The second kappa shape index (κ2) is 9.60. The van der Waals surface area contributed by atoms with Crippen molar-refractivity contribution in [3.05, 3.63) is 72.8 Å². The van der Waals surface area contributed by atoms with Crippen LogP contribution in [0.3, 0.4) is 0 Å². The molecule has 0 spiro atoms. The van der Waals surface area contributed by atoms with Gasteiger partial charge in [-0.1, -0.05) is 11.3 Å². The molecule has 0 amide bonds. The number of rotatable bonds is 7. The van der Waals surface area contributed by atoms with Crippen LogP contribution in [0.25, 0.3) is 6.08 Å². The zero-order valence-corrected chi connectivity index (χ0v) is 20.2. The number of methoxy groups -OCH3 is 3. The molecule has 178 valence electrons. The molecule has 4 rings (SSSR count). The molecule has 3 aromatic rings. The molecule has 3 heterocycles. The maximum atomic E-state index is 13.6. The lowest BCUT2D eigenvalue weighted by molar-refractivity contribution is -0.139. The molecule has 1 aromatic carbocycles. The highest BCUT2D eigenvalue weighted by Gasteiger charge is 2.35. The highest BCUT2D eigenvalue weighted by Crippen LogP contribution is 2.35. The molecule has 0 radical (unpaired) electrons. The number of allylic oxidation sites excluding steroid dienone is 1. The number of furan rings is 1. The van der Waals surface area contributed by atoms with Crippen molar-refractivity contribution in [3.63, 3.8) is 0 Å². The predicted molar refractivity (Wildman–Crippen MR) is 125 cm³/mol. The SMILES string of the molecule is CCOC(=O)C1=C(C)N=c2s/c(=C\c3cc(OC)c(OC)cc3OC)c(=O)n2C1c1ccco1. The summed E-state index contributed by atoms with van der Waals surface area (Å²) in [6.45, 7) is 3.64. The molecule has 2 aromatic heterocycles. The minimum absolute atomic E-state index is 0.198. The van der Waals surface area contributed by atoms with E-state index in [4.69, 9.17) is 23.4 Å². The van der Waals surface area contributed by atoms with Crippen LogP contribution in [-0.4, -0.2) is 38.5 Å². The Bertz CT molecular complexity index is 1430. The Morgan fingerprint density at radius 3 is 2.50 bits per heavy atom. The molecule has 34 heavy (non-hydrogen) atoms. The molecule has 0 saturated heterocycles. The Hall–Kier alpha value is -3.79. The Kier molecular flexibility index (Phi) is 6.60. The van der Waals surface area contributed by atoms with Crippen molar-refractivity contribution in [2.75, 3.05) is 27.9 Å². The van der Waals surface area contributed by atoms with Gasteiger partial charge in [0.25, 0.3) is 5.56 Å². The second-order valence-corrected chi connectivity index (χ2v) is 8.28. The molecule has 1 aliphatic rings. The number of esters is 1. The number of nitrogens with zero attached hydrogens (tertiary/aromatic N) is 2. The summed E-state index contributed by atoms with van der Waals surface area (Å²) in [6.07, 6.45) is 3.20. The van der Waals surface area contributed by atoms with Crippen LogP contribution in [0.2, 0.25) is 0 Å². The van der Waals surface area contributed by atoms with Crippen LogP contribution in [0.15, 0.2) is 56.0 Å². The number of carbonyl (C=O) groups is 1. The molecule has 10 heteroatoms. The fraction of sp³-hybridized carbons (Fsp3) is 0.292. The van der Waals surface area contributed by atoms with Crippen LogP contribution in [0.5, 0.6) is 17.2 Å². The quantitative estimate of drug-likeness (QED) is 0.475. The first-order chi connectivity index (χ1) is 16.4. The minimum Gasteiger partial charge on any atom is -0.496 e. The van der Waals surface area contributed by atoms with Gasteiger partial charge in [0.05, 0.1) is 50.0 Å². The van der Waals surface area contributed by atoms with Crippen molar-refractivity contribution < 1.29 is 28.2 Å². The number of ether oxygens (including phenoxy) is 4. The molecular formula is C24H24N2O7S. The Balaban J connectivity index is 1.94. The van der Waals surface area contributed by atoms with Crippen LogP contribution in [0.1, 0.15) is 31.2 Å². The summed E-state index contributed by atoms with van der Waals surface area (Å²) in [5.41, 5.74) is 1.04. The number of aromatic nitrogens is 1. The molecule has 0 fully saturated rings. The number of fused-ring (bicyclic) bond motifs is 1. The van der Waals surface area contributed by atoms with E-state index < -0.39 is 12.0 Å². The van der Waals surface area contributed by atoms with E-state index in [9.17, 15) is 9.59 Å². The third kappa shape index (κ3) is 4.01. The fourth-order valence-corrected chi connectivity index (χ4v) is 4.85. The monoisotopic (exact) mass is 484 g/mol. The summed E-state index contributed by atoms with van der Waals surface area (Å²) in [7, 11) is 4.60. The summed E-state index contributed by atoms with van der Waals surface area (Å²) < 4.78 is 29.0. The van der Waals surface area contributed by atoms with Gasteiger partial charge in [0, 0.05) is 11.6 Å². The number of hydrogen-bond donors (Lipinski definition) is 0. The van der Waals surface area contributed by atoms with Gasteiger partial charge < -0.3 is 23.4 Å². The van der Waals surface area contributed by atoms with Gasteiger partial charge in [-0.2, -0.15) is 0 Å². The molecule has 0 aliphatic carbocycles. The number of thiazole rings is 1. The molecule has 0 N–H and O–H groups in total. The maximum Gasteiger partial charge on any atom is 0.338 e. The van der Waals surface area contributed by atoms with E-state index in [-0.39, 0.29) is 17.7 Å². The zero-order valence-electron chi connectivity index (χ0n) is 19.4. The zero-order chi connectivity index (χ0) is 24.4. The van der Waals surface area contributed by atoms with Crippen molar-refractivity contribution in [2.45, 2.75) is 19.9 Å². The molecule has 1 atom stereocenters. The standard InChI is InChI=1S/C24H24N2O7S/c1-6-32-23(28)20-13(2)25-24-26(21(20)15-8-7-9-33-15)22(27)19(34-24)11-14-10-17(30-4)18(31-5)12-16(14)29-3/h7-12,21H,6H2,1-5H3/b19-11-. The van der Waals surface area contributed by atoms with E-state index in [1.807, 2.05) is 0 Å². The van der Waals surface area contributed by atoms with Gasteiger partial charge in [0.2, 0.25) is 0 Å². The van der Waals surface area contributed by atoms with Crippen LogP contribution in [0.4, 0.5) is 0 Å². The first-order valence-corrected chi connectivity index (χ1v) is 11.3. The molecule has 1 unspecified atom stereocenters. The Morgan fingerprint density at radius 1 is 1.18 bits per heavy atom. The van der Waals surface area contributed by atoms with Gasteiger partial charge in [0.15, 0.2) is 16.3 Å². The smallest absolute Gasteiger partial charge is 0.338 e. The maximum absolute atomic E-state index is 13.6. The number of hydrogen-bond acceptors (Lipinski definition) is 9. The van der Waals surface area contributed by atoms with Crippen molar-refractivity contribution in [3.8, 4) is 17.2 Å². The molecule has 1 aliphatic heterocycles. The average molecular weight is 485 g/mol. The summed E-state index contributed by atoms with van der Waals surface area (Å²) in [6, 6.07) is 6.06. The first-order valence-electron chi connectivity index (χ1n) is 10.5. The predicted octanol–water partition coefficient (Wildman–Crippen LogP) is 2.42. The summed E-state index contributed by atoms with van der Waals surface area (Å²) in [5, 5.41) is 0. The van der Waals surface area contributed by atoms with Gasteiger partial charge >= 0.3 is 5.97 Å². The van der Waals surface area contributed by atoms with E-state index >= 15 is 0 Å². The third-order valence-electron chi connectivity index (χ3n) is 5.35. The lowest BCUT2D eigenvalue weighted by Gasteiger charge is -2.22. The second-order valence-electron chi connectivity index (χ2n) is 7.27. The van der Waals surface area contributed by atoms with Crippen molar-refractivity contribution in [1.29, 1.82) is 0 Å². The largest absolute Gasteiger partial charge is 0.496 e. The Morgan fingerprint density at radius 2 is 1.88 bits per heavy atom. The normalized spacial score (nSPS) is 15.6. The van der Waals surface area contributed by atoms with Crippen LogP contribution >= 0.6 is 11.3 Å². The van der Waals surface area contributed by atoms with E-state index in [1.165, 1.54) is 43.5 Å². The van der Waals surface area contributed by atoms with Gasteiger partial charge in [-0.3, -0.25) is 9.36 Å². The molecule has 0 bridgehead atoms. The topological polar surface area (TPSA) is 101 Å². The number of benzene rings is 1. The summed E-state index contributed by atoms with van der Waals surface area (Å²) in [4.78, 5) is 31.4. The van der Waals surface area contributed by atoms with E-state index in [1.54, 1.807) is 44.2 Å². The van der Waals surface area contributed by atoms with E-state index in [0.717, 1.165) is 0 Å². The van der Waals surface area contributed by atoms with E-state index in [0.29, 0.717) is 43.6 Å². The van der Waals surface area contributed by atoms with Crippen LogP contribution in [0, 0.1) is 0 Å². The van der Waals surface area contributed by atoms with Crippen molar-refractivity contribution >= 4 is 23.4 Å². The molecule has 9 nitrogen and oxygen atoms in total. The van der Waals surface area contributed by atoms with Crippen molar-refractivity contribution in [1.82, 2.24) is 4.57 Å². The average Bonchev–Trinajstić information content (AvgIpc) is 3.46. The highest BCUT2D eigenvalue weighted by atomic mass is 32.1. The Labute approximate surface area is 199 Å². The van der Waals surface area contributed by atoms with Gasteiger partial charge in [-0.25, -0.2) is 9.79 Å². The van der Waals surface area contributed by atoms with Crippen molar-refractivity contribution in [2.24, 2.45) is 4.99 Å². The first kappa shape index (κ1) is 23.4. The van der Waals surface area contributed by atoms with Crippen LogP contribution in [-0.2, 0) is 9.53 Å². The number of carbonyl (C=O) groups excluding carboxylic acids is 1. The van der Waals surface area contributed by atoms with E-state index in [2.05, 4.69) is 4.99 Å². The molecular weight excluding hydrogens is 460 g/mol. The molecule has 0 saturated carbocycles. The van der Waals surface area contributed by atoms with Gasteiger partial charge in [0.1, 0.15) is 17.6 Å². The summed E-state index contributed by atoms with van der Waals surface area (Å²) in [5.74, 6) is 1.41. The minimum atomic E-state index is -0.792. The lowest BCUT2D eigenvalue weighted by Crippen LogP contribution is -2.39. The van der Waals surface area contributed by atoms with Gasteiger partial charge in [-0.05, 0) is 38.1 Å². The van der Waals surface area contributed by atoms with Gasteiger partial charge in [-0.15, -0.1) is 0 Å². The fourth-order valence-electron chi connectivity index (χ4n) is 3.81. The highest BCUT2D eigenvalue weighted by molar-refractivity contribution is 7.07. The van der Waals surface area contributed by atoms with Crippen LogP contribution < -0.4 is 29.1 Å². The lowest BCUT2D eigenvalue weighted by atomic mass is 10.0.